The zero-order chi connectivity index (χ0) is 17.7. The predicted octanol–water partition coefficient (Wildman–Crippen LogP) is 4.73. The van der Waals surface area contributed by atoms with Crippen LogP contribution in [0.5, 0.6) is 0 Å². The molecular formula is C22H25N3. The summed E-state index contributed by atoms with van der Waals surface area (Å²) in [4.78, 5) is 8.84. The van der Waals surface area contributed by atoms with Gasteiger partial charge in [0.1, 0.15) is 0 Å². The summed E-state index contributed by atoms with van der Waals surface area (Å²) < 4.78 is 0. The molecule has 0 aliphatic heterocycles. The maximum absolute atomic E-state index is 4.51. The number of hydrogen-bond acceptors (Lipinski definition) is 3. The maximum atomic E-state index is 4.51. The van der Waals surface area contributed by atoms with E-state index < -0.39 is 0 Å². The molecular weight excluding hydrogens is 306 g/mol. The molecule has 3 nitrogen and oxygen atoms in total. The van der Waals surface area contributed by atoms with Crippen molar-refractivity contribution in [2.75, 3.05) is 0 Å². The first-order valence-corrected chi connectivity index (χ1v) is 8.69. The van der Waals surface area contributed by atoms with Crippen molar-refractivity contribution in [1.82, 2.24) is 15.3 Å². The van der Waals surface area contributed by atoms with E-state index in [1.807, 2.05) is 30.5 Å². The fourth-order valence-electron chi connectivity index (χ4n) is 2.67. The van der Waals surface area contributed by atoms with Crippen LogP contribution in [-0.4, -0.2) is 9.97 Å². The average Bonchev–Trinajstić information content (AvgIpc) is 2.63. The van der Waals surface area contributed by atoms with Crippen LogP contribution in [0.3, 0.4) is 0 Å². The van der Waals surface area contributed by atoms with Crippen LogP contribution in [0.2, 0.25) is 0 Å². The Balaban J connectivity index is 1.54. The fourth-order valence-corrected chi connectivity index (χ4v) is 2.67. The lowest BCUT2D eigenvalue weighted by Crippen LogP contribution is -2.14. The van der Waals surface area contributed by atoms with Gasteiger partial charge in [-0.05, 0) is 40.3 Å². The lowest BCUT2D eigenvalue weighted by Gasteiger charge is -2.19. The molecule has 0 amide bonds. The second-order valence-corrected chi connectivity index (χ2v) is 7.32. The van der Waals surface area contributed by atoms with Crippen molar-refractivity contribution in [1.29, 1.82) is 0 Å². The van der Waals surface area contributed by atoms with Crippen LogP contribution in [0.4, 0.5) is 0 Å². The maximum Gasteiger partial charge on any atom is 0.0886 e. The third-order valence-corrected chi connectivity index (χ3v) is 4.23. The number of nitrogens with one attached hydrogen (secondary N) is 1. The van der Waals surface area contributed by atoms with Crippen molar-refractivity contribution in [3.63, 3.8) is 0 Å². The Labute approximate surface area is 150 Å². The predicted molar refractivity (Wildman–Crippen MR) is 103 cm³/mol. The molecule has 0 saturated heterocycles. The van der Waals surface area contributed by atoms with E-state index in [1.165, 1.54) is 16.7 Å². The third-order valence-electron chi connectivity index (χ3n) is 4.23. The van der Waals surface area contributed by atoms with Crippen molar-refractivity contribution in [3.05, 3.63) is 83.7 Å². The van der Waals surface area contributed by atoms with Crippen molar-refractivity contribution >= 4 is 0 Å². The van der Waals surface area contributed by atoms with Crippen LogP contribution in [0, 0.1) is 0 Å². The standard InChI is InChI=1S/C22H25N3/c1-22(2,3)19-10-7-17(8-11-19)14-23-15-18-9-12-21(25-16-18)20-6-4-5-13-24-20/h4-13,16,23H,14-15H2,1-3H3. The Bertz CT molecular complexity index is 785. The molecule has 3 aromatic rings. The molecule has 3 rings (SSSR count). The molecule has 128 valence electrons. The summed E-state index contributed by atoms with van der Waals surface area (Å²) in [5, 5.41) is 3.48. The number of nitrogens with zero attached hydrogens (tertiary/aromatic N) is 2. The molecule has 0 spiro atoms. The van der Waals surface area contributed by atoms with Crippen LogP contribution >= 0.6 is 0 Å². The van der Waals surface area contributed by atoms with Gasteiger partial charge in [0.2, 0.25) is 0 Å². The zero-order valence-corrected chi connectivity index (χ0v) is 15.2. The molecule has 0 aliphatic carbocycles. The Morgan fingerprint density at radius 3 is 2.04 bits per heavy atom. The van der Waals surface area contributed by atoms with Gasteiger partial charge in [-0.3, -0.25) is 9.97 Å². The van der Waals surface area contributed by atoms with Gasteiger partial charge < -0.3 is 5.32 Å². The monoisotopic (exact) mass is 331 g/mol. The Morgan fingerprint density at radius 1 is 0.760 bits per heavy atom. The van der Waals surface area contributed by atoms with Gasteiger partial charge in [-0.15, -0.1) is 0 Å². The number of benzene rings is 1. The van der Waals surface area contributed by atoms with Crippen LogP contribution in [0.15, 0.2) is 67.0 Å². The minimum absolute atomic E-state index is 0.201. The van der Waals surface area contributed by atoms with Gasteiger partial charge >= 0.3 is 0 Å². The Hall–Kier alpha value is -2.52. The molecule has 0 unspecified atom stereocenters. The molecule has 0 fully saturated rings. The van der Waals surface area contributed by atoms with Crippen LogP contribution in [-0.2, 0) is 18.5 Å². The molecule has 1 aromatic carbocycles. The van der Waals surface area contributed by atoms with Gasteiger partial charge in [-0.25, -0.2) is 0 Å². The van der Waals surface area contributed by atoms with E-state index in [9.17, 15) is 0 Å². The van der Waals surface area contributed by atoms with Crippen molar-refractivity contribution in [2.45, 2.75) is 39.3 Å². The second kappa shape index (κ2) is 7.58. The van der Waals surface area contributed by atoms with Gasteiger partial charge in [-0.2, -0.15) is 0 Å². The lowest BCUT2D eigenvalue weighted by atomic mass is 9.87. The molecule has 25 heavy (non-hydrogen) atoms. The molecule has 0 aliphatic rings. The molecule has 0 saturated carbocycles. The van der Waals surface area contributed by atoms with Crippen molar-refractivity contribution in [3.8, 4) is 11.4 Å². The molecule has 0 atom stereocenters. The van der Waals surface area contributed by atoms with Crippen LogP contribution in [0.1, 0.15) is 37.5 Å². The summed E-state index contributed by atoms with van der Waals surface area (Å²) in [5.74, 6) is 0. The summed E-state index contributed by atoms with van der Waals surface area (Å²) in [6.45, 7) is 8.37. The van der Waals surface area contributed by atoms with E-state index >= 15 is 0 Å². The molecule has 0 bridgehead atoms. The molecule has 1 N–H and O–H groups in total. The summed E-state index contributed by atoms with van der Waals surface area (Å²) in [7, 11) is 0. The normalized spacial score (nSPS) is 11.5. The highest BCUT2D eigenvalue weighted by molar-refractivity contribution is 5.53. The fraction of sp³-hybridized carbons (Fsp3) is 0.273. The van der Waals surface area contributed by atoms with Gasteiger partial charge in [0, 0.05) is 25.5 Å². The zero-order valence-electron chi connectivity index (χ0n) is 15.2. The van der Waals surface area contributed by atoms with Gasteiger partial charge in [0.05, 0.1) is 11.4 Å². The lowest BCUT2D eigenvalue weighted by molar-refractivity contribution is 0.589. The smallest absolute Gasteiger partial charge is 0.0886 e. The van der Waals surface area contributed by atoms with E-state index in [0.29, 0.717) is 0 Å². The Kier molecular flexibility index (Phi) is 5.25. The van der Waals surface area contributed by atoms with E-state index in [0.717, 1.165) is 24.5 Å². The third kappa shape index (κ3) is 4.74. The SMILES string of the molecule is CC(C)(C)c1ccc(CNCc2ccc(-c3ccccn3)nc2)cc1. The Morgan fingerprint density at radius 2 is 1.44 bits per heavy atom. The van der Waals surface area contributed by atoms with E-state index in [1.54, 1.807) is 6.20 Å². The highest BCUT2D eigenvalue weighted by atomic mass is 14.9. The van der Waals surface area contributed by atoms with E-state index in [4.69, 9.17) is 0 Å². The number of hydrogen-bond donors (Lipinski definition) is 1. The number of aromatic nitrogens is 2. The van der Waals surface area contributed by atoms with E-state index in [-0.39, 0.29) is 5.41 Å². The first-order chi connectivity index (χ1) is 12.0. The molecule has 0 radical (unpaired) electrons. The quantitative estimate of drug-likeness (QED) is 0.734. The summed E-state index contributed by atoms with van der Waals surface area (Å²) in [6, 6.07) is 18.8. The summed E-state index contributed by atoms with van der Waals surface area (Å²) >= 11 is 0. The minimum Gasteiger partial charge on any atom is -0.309 e. The second-order valence-electron chi connectivity index (χ2n) is 7.32. The van der Waals surface area contributed by atoms with Crippen LogP contribution in [0.25, 0.3) is 11.4 Å². The molecule has 2 heterocycles. The van der Waals surface area contributed by atoms with Crippen molar-refractivity contribution < 1.29 is 0 Å². The van der Waals surface area contributed by atoms with Gasteiger partial charge in [0.25, 0.3) is 0 Å². The highest BCUT2D eigenvalue weighted by Crippen LogP contribution is 2.22. The highest BCUT2D eigenvalue weighted by Gasteiger charge is 2.12. The first kappa shape index (κ1) is 17.3. The van der Waals surface area contributed by atoms with Crippen molar-refractivity contribution in [2.24, 2.45) is 0 Å². The minimum atomic E-state index is 0.201. The largest absolute Gasteiger partial charge is 0.309 e. The van der Waals surface area contributed by atoms with E-state index in [2.05, 4.69) is 66.4 Å². The van der Waals surface area contributed by atoms with Gasteiger partial charge in [-0.1, -0.05) is 57.2 Å². The summed E-state index contributed by atoms with van der Waals surface area (Å²) in [5.41, 5.74) is 5.85. The summed E-state index contributed by atoms with van der Waals surface area (Å²) in [6.07, 6.45) is 3.71. The van der Waals surface area contributed by atoms with Crippen LogP contribution < -0.4 is 5.32 Å². The van der Waals surface area contributed by atoms with Gasteiger partial charge in [0.15, 0.2) is 0 Å². The molecule has 2 aromatic heterocycles. The molecule has 3 heteroatoms. The first-order valence-electron chi connectivity index (χ1n) is 8.69. The number of rotatable bonds is 5. The topological polar surface area (TPSA) is 37.8 Å². The average molecular weight is 331 g/mol. The number of pyridine rings is 2.